The van der Waals surface area contributed by atoms with Crippen LogP contribution in [0.3, 0.4) is 0 Å². The molecular weight excluding hydrogens is 344 g/mol. The highest BCUT2D eigenvalue weighted by Crippen LogP contribution is 2.27. The summed E-state index contributed by atoms with van der Waals surface area (Å²) in [5, 5.41) is 9.87. The van der Waals surface area contributed by atoms with E-state index in [4.69, 9.17) is 4.74 Å². The molecule has 0 amide bonds. The van der Waals surface area contributed by atoms with Crippen LogP contribution in [0.25, 0.3) is 10.9 Å². The number of carbonyl (C=O) groups is 1. The quantitative estimate of drug-likeness (QED) is 0.726. The topological polar surface area (TPSA) is 106 Å². The number of anilines is 1. The maximum Gasteiger partial charge on any atom is 0.338 e. The van der Waals surface area contributed by atoms with Crippen LogP contribution in [-0.4, -0.2) is 31.6 Å². The number of aromatic carboxylic acids is 1. The molecule has 25 heavy (non-hydrogen) atoms. The van der Waals surface area contributed by atoms with Crippen molar-refractivity contribution in [1.29, 1.82) is 0 Å². The van der Waals surface area contributed by atoms with Crippen molar-refractivity contribution in [3.63, 3.8) is 0 Å². The first-order valence-corrected chi connectivity index (χ1v) is 8.68. The van der Waals surface area contributed by atoms with E-state index in [2.05, 4.69) is 9.71 Å². The van der Waals surface area contributed by atoms with Crippen molar-refractivity contribution in [3.05, 3.63) is 60.3 Å². The first kappa shape index (κ1) is 16.7. The highest BCUT2D eigenvalue weighted by atomic mass is 32.2. The minimum Gasteiger partial charge on any atom is -0.497 e. The van der Waals surface area contributed by atoms with Crippen LogP contribution in [0.1, 0.15) is 10.4 Å². The predicted octanol–water partition coefficient (Wildman–Crippen LogP) is 2.74. The maximum absolute atomic E-state index is 12.6. The van der Waals surface area contributed by atoms with Gasteiger partial charge < -0.3 is 9.84 Å². The van der Waals surface area contributed by atoms with E-state index in [1.54, 1.807) is 18.2 Å². The number of fused-ring (bicyclic) bond motifs is 1. The standard InChI is InChI=1S/C17H14N2O5S/c1-24-11-4-6-12(7-5-11)25(22,23)19-15-9-8-14-13(3-2-10-18-14)16(15)17(20)21/h2-10,19H,1H3,(H,20,21). The number of carboxylic acid groups (broad SMARTS) is 1. The molecule has 0 aliphatic carbocycles. The van der Waals surface area contributed by atoms with Crippen molar-refractivity contribution in [2.45, 2.75) is 4.90 Å². The summed E-state index contributed by atoms with van der Waals surface area (Å²) in [6, 6.07) is 11.9. The lowest BCUT2D eigenvalue weighted by atomic mass is 10.1. The van der Waals surface area contributed by atoms with Gasteiger partial charge in [0.2, 0.25) is 0 Å². The largest absolute Gasteiger partial charge is 0.497 e. The van der Waals surface area contributed by atoms with Gasteiger partial charge in [0.15, 0.2) is 0 Å². The molecule has 2 N–H and O–H groups in total. The lowest BCUT2D eigenvalue weighted by molar-refractivity contribution is 0.0700. The predicted molar refractivity (Wildman–Crippen MR) is 92.5 cm³/mol. The molecular formula is C17H14N2O5S. The molecule has 0 aliphatic rings. The average Bonchev–Trinajstić information content (AvgIpc) is 2.61. The molecule has 0 aliphatic heterocycles. The highest BCUT2D eigenvalue weighted by molar-refractivity contribution is 7.92. The number of benzene rings is 2. The van der Waals surface area contributed by atoms with Crippen LogP contribution in [0.4, 0.5) is 5.69 Å². The van der Waals surface area contributed by atoms with Gasteiger partial charge in [0.25, 0.3) is 10.0 Å². The number of aromatic nitrogens is 1. The van der Waals surface area contributed by atoms with Crippen molar-refractivity contribution >= 4 is 32.6 Å². The number of methoxy groups -OCH3 is 1. The third-order valence-electron chi connectivity index (χ3n) is 3.61. The van der Waals surface area contributed by atoms with Crippen molar-refractivity contribution < 1.29 is 23.1 Å². The van der Waals surface area contributed by atoms with E-state index in [1.807, 2.05) is 0 Å². The third kappa shape index (κ3) is 3.24. The van der Waals surface area contributed by atoms with Crippen molar-refractivity contribution in [2.24, 2.45) is 0 Å². The summed E-state index contributed by atoms with van der Waals surface area (Å²) in [7, 11) is -2.48. The minimum atomic E-state index is -3.95. The Balaban J connectivity index is 2.07. The molecule has 0 saturated heterocycles. The Morgan fingerprint density at radius 1 is 1.12 bits per heavy atom. The summed E-state index contributed by atoms with van der Waals surface area (Å²) in [6.07, 6.45) is 1.54. The summed E-state index contributed by atoms with van der Waals surface area (Å²) in [4.78, 5) is 15.7. The van der Waals surface area contributed by atoms with E-state index in [-0.39, 0.29) is 16.1 Å². The van der Waals surface area contributed by atoms with E-state index in [0.29, 0.717) is 16.7 Å². The van der Waals surface area contributed by atoms with Crippen LogP contribution in [0, 0.1) is 0 Å². The van der Waals surface area contributed by atoms with Gasteiger partial charge in [-0.15, -0.1) is 0 Å². The number of sulfonamides is 1. The Bertz CT molecular complexity index is 1050. The van der Waals surface area contributed by atoms with Crippen LogP contribution >= 0.6 is 0 Å². The van der Waals surface area contributed by atoms with Gasteiger partial charge in [-0.2, -0.15) is 0 Å². The zero-order valence-corrected chi connectivity index (χ0v) is 13.9. The molecule has 0 fully saturated rings. The summed E-state index contributed by atoms with van der Waals surface area (Å²) in [6.45, 7) is 0. The van der Waals surface area contributed by atoms with E-state index < -0.39 is 16.0 Å². The molecule has 3 aromatic rings. The normalized spacial score (nSPS) is 11.2. The van der Waals surface area contributed by atoms with Gasteiger partial charge in [-0.1, -0.05) is 6.07 Å². The second-order valence-electron chi connectivity index (χ2n) is 5.14. The molecule has 8 heteroatoms. The van der Waals surface area contributed by atoms with E-state index in [0.717, 1.165) is 0 Å². The fraction of sp³-hybridized carbons (Fsp3) is 0.0588. The number of rotatable bonds is 5. The molecule has 7 nitrogen and oxygen atoms in total. The zero-order valence-electron chi connectivity index (χ0n) is 13.1. The summed E-state index contributed by atoms with van der Waals surface area (Å²) < 4.78 is 32.4. The molecule has 0 saturated carbocycles. The van der Waals surface area contributed by atoms with E-state index >= 15 is 0 Å². The van der Waals surface area contributed by atoms with Crippen LogP contribution < -0.4 is 9.46 Å². The number of nitrogens with zero attached hydrogens (tertiary/aromatic N) is 1. The summed E-state index contributed by atoms with van der Waals surface area (Å²) >= 11 is 0. The summed E-state index contributed by atoms with van der Waals surface area (Å²) in [5.41, 5.74) is 0.291. The smallest absolute Gasteiger partial charge is 0.338 e. The van der Waals surface area contributed by atoms with Crippen LogP contribution in [0.5, 0.6) is 5.75 Å². The van der Waals surface area contributed by atoms with Gasteiger partial charge in [-0.05, 0) is 42.5 Å². The minimum absolute atomic E-state index is 0.00378. The Labute approximate surface area is 143 Å². The lowest BCUT2D eigenvalue weighted by Gasteiger charge is -2.12. The van der Waals surface area contributed by atoms with Gasteiger partial charge in [0, 0.05) is 11.6 Å². The molecule has 0 bridgehead atoms. The molecule has 0 radical (unpaired) electrons. The van der Waals surface area contributed by atoms with Gasteiger partial charge in [0.05, 0.1) is 28.8 Å². The average molecular weight is 358 g/mol. The Morgan fingerprint density at radius 3 is 2.48 bits per heavy atom. The second kappa shape index (κ2) is 6.40. The number of hydrogen-bond acceptors (Lipinski definition) is 5. The Hall–Kier alpha value is -3.13. The molecule has 2 aromatic carbocycles. The lowest BCUT2D eigenvalue weighted by Crippen LogP contribution is -2.16. The SMILES string of the molecule is COc1ccc(S(=O)(=O)Nc2ccc3ncccc3c2C(=O)O)cc1. The monoisotopic (exact) mass is 358 g/mol. The van der Waals surface area contributed by atoms with E-state index in [9.17, 15) is 18.3 Å². The van der Waals surface area contributed by atoms with Crippen molar-refractivity contribution in [1.82, 2.24) is 4.98 Å². The van der Waals surface area contributed by atoms with Crippen LogP contribution in [0.2, 0.25) is 0 Å². The molecule has 128 valence electrons. The van der Waals surface area contributed by atoms with Crippen LogP contribution in [-0.2, 0) is 10.0 Å². The maximum atomic E-state index is 12.6. The summed E-state index contributed by atoms with van der Waals surface area (Å²) in [5.74, 6) is -0.729. The number of nitrogens with one attached hydrogen (secondary N) is 1. The molecule has 0 atom stereocenters. The van der Waals surface area contributed by atoms with E-state index in [1.165, 1.54) is 43.6 Å². The van der Waals surface area contributed by atoms with Gasteiger partial charge in [-0.25, -0.2) is 13.2 Å². The molecule has 0 unspecified atom stereocenters. The third-order valence-corrected chi connectivity index (χ3v) is 4.99. The Kier molecular flexibility index (Phi) is 4.28. The first-order chi connectivity index (χ1) is 11.9. The van der Waals surface area contributed by atoms with Gasteiger partial charge in [-0.3, -0.25) is 9.71 Å². The number of hydrogen-bond donors (Lipinski definition) is 2. The molecule has 1 heterocycles. The molecule has 3 rings (SSSR count). The number of ether oxygens (including phenoxy) is 1. The fourth-order valence-corrected chi connectivity index (χ4v) is 3.50. The van der Waals surface area contributed by atoms with Crippen molar-refractivity contribution in [2.75, 3.05) is 11.8 Å². The highest BCUT2D eigenvalue weighted by Gasteiger charge is 2.21. The number of carboxylic acids is 1. The molecule has 0 spiro atoms. The fourth-order valence-electron chi connectivity index (χ4n) is 2.43. The Morgan fingerprint density at radius 2 is 1.84 bits per heavy atom. The van der Waals surface area contributed by atoms with Crippen LogP contribution in [0.15, 0.2) is 59.6 Å². The number of pyridine rings is 1. The van der Waals surface area contributed by atoms with Gasteiger partial charge >= 0.3 is 5.97 Å². The van der Waals surface area contributed by atoms with Gasteiger partial charge in [0.1, 0.15) is 5.75 Å². The first-order valence-electron chi connectivity index (χ1n) is 7.20. The molecule has 1 aromatic heterocycles. The second-order valence-corrected chi connectivity index (χ2v) is 6.83. The zero-order chi connectivity index (χ0) is 18.0. The van der Waals surface area contributed by atoms with Crippen molar-refractivity contribution in [3.8, 4) is 5.75 Å².